The average Bonchev–Trinajstić information content (AvgIpc) is 3.24. The SMILES string of the molecule is CC(C)=CCc1c(O)ccc2c1OC1c3ccc4occc4c3OCC21. The van der Waals surface area contributed by atoms with Crippen molar-refractivity contribution in [2.45, 2.75) is 32.3 Å². The first-order valence-corrected chi connectivity index (χ1v) is 8.91. The summed E-state index contributed by atoms with van der Waals surface area (Å²) in [7, 11) is 0. The maximum Gasteiger partial charge on any atom is 0.138 e. The number of benzene rings is 2. The summed E-state index contributed by atoms with van der Waals surface area (Å²) in [6.45, 7) is 4.67. The standard InChI is InChI=1S/C22H20O4/c1-12(2)3-4-14-18(23)7-5-13-17-11-25-20-15-9-10-24-19(15)8-6-16(20)22(17)26-21(13)14/h3,5-10,17,22-23H,4,11H2,1-2H3. The molecule has 0 bridgehead atoms. The molecule has 2 aliphatic rings. The molecule has 3 heterocycles. The van der Waals surface area contributed by atoms with Crippen molar-refractivity contribution in [2.24, 2.45) is 0 Å². The molecular weight excluding hydrogens is 328 g/mol. The van der Waals surface area contributed by atoms with Crippen LogP contribution in [0.5, 0.6) is 17.2 Å². The van der Waals surface area contributed by atoms with Gasteiger partial charge in [0.2, 0.25) is 0 Å². The van der Waals surface area contributed by atoms with Gasteiger partial charge in [0.15, 0.2) is 0 Å². The second-order valence-electron chi connectivity index (χ2n) is 7.24. The van der Waals surface area contributed by atoms with E-state index in [2.05, 4.69) is 19.9 Å². The molecule has 0 amide bonds. The van der Waals surface area contributed by atoms with E-state index in [9.17, 15) is 5.11 Å². The maximum absolute atomic E-state index is 10.4. The van der Waals surface area contributed by atoms with E-state index in [0.717, 1.165) is 39.2 Å². The Hall–Kier alpha value is -2.88. The molecule has 2 atom stereocenters. The largest absolute Gasteiger partial charge is 0.508 e. The molecule has 0 saturated carbocycles. The van der Waals surface area contributed by atoms with E-state index in [4.69, 9.17) is 13.9 Å². The predicted octanol–water partition coefficient (Wildman–Crippen LogP) is 5.26. The van der Waals surface area contributed by atoms with Crippen molar-refractivity contribution in [3.05, 3.63) is 64.9 Å². The van der Waals surface area contributed by atoms with E-state index in [1.165, 1.54) is 5.57 Å². The molecule has 0 aliphatic carbocycles. The quantitative estimate of drug-likeness (QED) is 0.642. The van der Waals surface area contributed by atoms with Crippen molar-refractivity contribution in [3.8, 4) is 17.2 Å². The van der Waals surface area contributed by atoms with E-state index in [1.807, 2.05) is 24.3 Å². The zero-order valence-corrected chi connectivity index (χ0v) is 14.8. The van der Waals surface area contributed by atoms with Gasteiger partial charge < -0.3 is 19.0 Å². The number of ether oxygens (including phenoxy) is 2. The van der Waals surface area contributed by atoms with Crippen molar-refractivity contribution < 1.29 is 19.0 Å². The summed E-state index contributed by atoms with van der Waals surface area (Å²) in [5.41, 5.74) is 5.04. The van der Waals surface area contributed by atoms with Crippen LogP contribution >= 0.6 is 0 Å². The smallest absolute Gasteiger partial charge is 0.138 e. The molecule has 0 saturated heterocycles. The number of hydrogen-bond donors (Lipinski definition) is 1. The lowest BCUT2D eigenvalue weighted by Crippen LogP contribution is -2.23. The molecular formula is C22H20O4. The van der Waals surface area contributed by atoms with E-state index < -0.39 is 0 Å². The molecule has 0 fully saturated rings. The first-order valence-electron chi connectivity index (χ1n) is 8.91. The highest BCUT2D eigenvalue weighted by Crippen LogP contribution is 2.54. The molecule has 2 aromatic carbocycles. The summed E-state index contributed by atoms with van der Waals surface area (Å²) in [4.78, 5) is 0. The fourth-order valence-corrected chi connectivity index (χ4v) is 3.99. The van der Waals surface area contributed by atoms with Crippen molar-refractivity contribution in [1.82, 2.24) is 0 Å². The minimum atomic E-state index is -0.0969. The third-order valence-corrected chi connectivity index (χ3v) is 5.32. The monoisotopic (exact) mass is 348 g/mol. The summed E-state index contributed by atoms with van der Waals surface area (Å²) in [6.07, 6.45) is 4.35. The van der Waals surface area contributed by atoms with Crippen LogP contribution in [0.15, 0.2) is 52.7 Å². The van der Waals surface area contributed by atoms with Crippen LogP contribution in [0, 0.1) is 0 Å². The summed E-state index contributed by atoms with van der Waals surface area (Å²) in [5, 5.41) is 11.4. The number of aromatic hydroxyl groups is 1. The number of hydrogen-bond acceptors (Lipinski definition) is 4. The summed E-state index contributed by atoms with van der Waals surface area (Å²) in [6, 6.07) is 9.66. The van der Waals surface area contributed by atoms with Gasteiger partial charge in [-0.1, -0.05) is 17.7 Å². The highest BCUT2D eigenvalue weighted by atomic mass is 16.5. The van der Waals surface area contributed by atoms with Crippen LogP contribution in [-0.2, 0) is 6.42 Å². The van der Waals surface area contributed by atoms with Crippen LogP contribution in [0.2, 0.25) is 0 Å². The molecule has 0 radical (unpaired) electrons. The molecule has 1 aromatic heterocycles. The minimum absolute atomic E-state index is 0.0969. The third-order valence-electron chi connectivity index (χ3n) is 5.32. The molecule has 3 aromatic rings. The van der Waals surface area contributed by atoms with E-state index in [-0.39, 0.29) is 17.8 Å². The van der Waals surface area contributed by atoms with Crippen LogP contribution in [0.25, 0.3) is 11.0 Å². The lowest BCUT2D eigenvalue weighted by molar-refractivity contribution is 0.140. The predicted molar refractivity (Wildman–Crippen MR) is 99.1 cm³/mol. The minimum Gasteiger partial charge on any atom is -0.508 e. The van der Waals surface area contributed by atoms with Gasteiger partial charge in [-0.15, -0.1) is 0 Å². The fraction of sp³-hybridized carbons (Fsp3) is 0.273. The van der Waals surface area contributed by atoms with E-state index >= 15 is 0 Å². The summed E-state index contributed by atoms with van der Waals surface area (Å²) in [5.74, 6) is 2.07. The van der Waals surface area contributed by atoms with Gasteiger partial charge in [-0.2, -0.15) is 0 Å². The number of rotatable bonds is 2. The Morgan fingerprint density at radius 3 is 2.81 bits per heavy atom. The number of phenolic OH excluding ortho intramolecular Hbond substituents is 1. The Balaban J connectivity index is 1.61. The molecule has 2 aliphatic heterocycles. The van der Waals surface area contributed by atoms with E-state index in [1.54, 1.807) is 12.3 Å². The number of phenols is 1. The first-order chi connectivity index (χ1) is 12.6. The van der Waals surface area contributed by atoms with Gasteiger partial charge in [0.05, 0.1) is 24.2 Å². The van der Waals surface area contributed by atoms with Gasteiger partial charge in [0.1, 0.15) is 28.9 Å². The zero-order chi connectivity index (χ0) is 17.8. The fourth-order valence-electron chi connectivity index (χ4n) is 3.99. The lowest BCUT2D eigenvalue weighted by Gasteiger charge is -2.28. The van der Waals surface area contributed by atoms with Crippen LogP contribution in [0.4, 0.5) is 0 Å². The van der Waals surface area contributed by atoms with Crippen LogP contribution in [0.3, 0.4) is 0 Å². The van der Waals surface area contributed by atoms with Crippen molar-refractivity contribution in [2.75, 3.05) is 6.61 Å². The number of furan rings is 1. The molecule has 132 valence electrons. The maximum atomic E-state index is 10.4. The average molecular weight is 348 g/mol. The first kappa shape index (κ1) is 15.4. The van der Waals surface area contributed by atoms with Gasteiger partial charge in [0, 0.05) is 16.7 Å². The van der Waals surface area contributed by atoms with Gasteiger partial charge in [0.25, 0.3) is 0 Å². The van der Waals surface area contributed by atoms with Crippen LogP contribution < -0.4 is 9.47 Å². The topological polar surface area (TPSA) is 51.8 Å². The molecule has 4 nitrogen and oxygen atoms in total. The Morgan fingerprint density at radius 1 is 1.12 bits per heavy atom. The third kappa shape index (κ3) is 2.15. The number of allylic oxidation sites excluding steroid dienone is 2. The van der Waals surface area contributed by atoms with Crippen molar-refractivity contribution in [3.63, 3.8) is 0 Å². The van der Waals surface area contributed by atoms with Crippen LogP contribution in [0.1, 0.15) is 42.6 Å². The highest BCUT2D eigenvalue weighted by molar-refractivity contribution is 5.86. The molecule has 4 heteroatoms. The molecule has 1 N–H and O–H groups in total. The zero-order valence-electron chi connectivity index (χ0n) is 14.8. The van der Waals surface area contributed by atoms with Crippen LogP contribution in [-0.4, -0.2) is 11.7 Å². The van der Waals surface area contributed by atoms with Gasteiger partial charge in [-0.05, 0) is 44.5 Å². The summed E-state index contributed by atoms with van der Waals surface area (Å²) < 4.78 is 18.0. The molecule has 26 heavy (non-hydrogen) atoms. The molecule has 5 rings (SSSR count). The van der Waals surface area contributed by atoms with Crippen molar-refractivity contribution in [1.29, 1.82) is 0 Å². The Labute approximate surface area is 151 Å². The lowest BCUT2D eigenvalue weighted by atomic mass is 9.88. The Bertz CT molecular complexity index is 1040. The molecule has 2 unspecified atom stereocenters. The molecule has 0 spiro atoms. The second-order valence-corrected chi connectivity index (χ2v) is 7.24. The highest BCUT2D eigenvalue weighted by Gasteiger charge is 2.42. The normalized spacial score (nSPS) is 19.9. The van der Waals surface area contributed by atoms with Gasteiger partial charge in [-0.25, -0.2) is 0 Å². The van der Waals surface area contributed by atoms with Crippen molar-refractivity contribution >= 4 is 11.0 Å². The summed E-state index contributed by atoms with van der Waals surface area (Å²) >= 11 is 0. The Kier molecular flexibility index (Phi) is 3.29. The second kappa shape index (κ2) is 5.56. The van der Waals surface area contributed by atoms with Gasteiger partial charge >= 0.3 is 0 Å². The van der Waals surface area contributed by atoms with Gasteiger partial charge in [-0.3, -0.25) is 0 Å². The Morgan fingerprint density at radius 2 is 1.96 bits per heavy atom. The number of fused-ring (bicyclic) bond motifs is 7. The van der Waals surface area contributed by atoms with E-state index in [0.29, 0.717) is 13.0 Å².